The molecule has 7 nitrogen and oxygen atoms in total. The summed E-state index contributed by atoms with van der Waals surface area (Å²) in [6, 6.07) is 17.8. The molecule has 0 aliphatic rings. The van der Waals surface area contributed by atoms with Gasteiger partial charge in [-0.2, -0.15) is 0 Å². The number of benzene rings is 2. The van der Waals surface area contributed by atoms with Gasteiger partial charge >= 0.3 is 11.9 Å². The fourth-order valence-electron chi connectivity index (χ4n) is 3.25. The van der Waals surface area contributed by atoms with Crippen LogP contribution < -0.4 is 5.32 Å². The van der Waals surface area contributed by atoms with Gasteiger partial charge in [0.1, 0.15) is 0 Å². The molecule has 32 heavy (non-hydrogen) atoms. The Bertz CT molecular complexity index is 850. The SMILES string of the molecule is COCCCOC(=O)CCC(Cc1ccc(-c2ccccc2)cc1)NC(=O)CCC(=O)O. The van der Waals surface area contributed by atoms with E-state index in [0.717, 1.165) is 16.7 Å². The van der Waals surface area contributed by atoms with Crippen LogP contribution in [-0.2, 0) is 30.3 Å². The van der Waals surface area contributed by atoms with Gasteiger partial charge in [-0.05, 0) is 29.5 Å². The van der Waals surface area contributed by atoms with Crippen LogP contribution in [0.5, 0.6) is 0 Å². The van der Waals surface area contributed by atoms with E-state index in [9.17, 15) is 14.4 Å². The third-order valence-corrected chi connectivity index (χ3v) is 4.93. The average Bonchev–Trinajstić information content (AvgIpc) is 2.80. The summed E-state index contributed by atoms with van der Waals surface area (Å²) in [6.07, 6.45) is 1.41. The molecule has 0 aliphatic carbocycles. The second-order valence-corrected chi connectivity index (χ2v) is 7.53. The molecule has 2 aromatic rings. The summed E-state index contributed by atoms with van der Waals surface area (Å²) in [6.45, 7) is 0.817. The first kappa shape index (κ1) is 25.1. The molecular formula is C25H31NO6. The number of carbonyl (C=O) groups excluding carboxylic acids is 2. The Labute approximate surface area is 188 Å². The predicted molar refractivity (Wildman–Crippen MR) is 121 cm³/mol. The molecule has 0 spiro atoms. The highest BCUT2D eigenvalue weighted by Gasteiger charge is 2.16. The fraction of sp³-hybridized carbons (Fsp3) is 0.400. The minimum absolute atomic E-state index is 0.0970. The predicted octanol–water partition coefficient (Wildman–Crippen LogP) is 3.61. The molecule has 0 radical (unpaired) electrons. The second-order valence-electron chi connectivity index (χ2n) is 7.53. The summed E-state index contributed by atoms with van der Waals surface area (Å²) in [5.41, 5.74) is 3.23. The summed E-state index contributed by atoms with van der Waals surface area (Å²) < 4.78 is 10.1. The summed E-state index contributed by atoms with van der Waals surface area (Å²) >= 11 is 0. The summed E-state index contributed by atoms with van der Waals surface area (Å²) in [5.74, 6) is -1.69. The topological polar surface area (TPSA) is 102 Å². The molecule has 1 amide bonds. The Morgan fingerprint density at radius 2 is 1.59 bits per heavy atom. The van der Waals surface area contributed by atoms with Gasteiger partial charge < -0.3 is 19.9 Å². The average molecular weight is 442 g/mol. The number of amides is 1. The lowest BCUT2D eigenvalue weighted by molar-refractivity contribution is -0.144. The highest BCUT2D eigenvalue weighted by Crippen LogP contribution is 2.20. The molecule has 2 rings (SSSR count). The first-order valence-corrected chi connectivity index (χ1v) is 10.8. The van der Waals surface area contributed by atoms with Crippen LogP contribution in [-0.4, -0.2) is 49.3 Å². The minimum atomic E-state index is -1.02. The molecule has 1 unspecified atom stereocenters. The third kappa shape index (κ3) is 9.75. The van der Waals surface area contributed by atoms with Crippen molar-refractivity contribution >= 4 is 17.8 Å². The van der Waals surface area contributed by atoms with E-state index in [4.69, 9.17) is 14.6 Å². The van der Waals surface area contributed by atoms with E-state index in [1.807, 2.05) is 54.6 Å². The van der Waals surface area contributed by atoms with Crippen LogP contribution in [0.25, 0.3) is 11.1 Å². The van der Waals surface area contributed by atoms with Crippen molar-refractivity contribution in [3.63, 3.8) is 0 Å². The molecule has 0 aliphatic heterocycles. The lowest BCUT2D eigenvalue weighted by Gasteiger charge is -2.19. The standard InChI is InChI=1S/C25H31NO6/c1-31-16-5-17-32-25(30)15-12-22(26-23(27)13-14-24(28)29)18-19-8-10-21(11-9-19)20-6-3-2-4-7-20/h2-4,6-11,22H,5,12-18H2,1H3,(H,26,27)(H,28,29). The Kier molecular flexibility index (Phi) is 11.0. The smallest absolute Gasteiger partial charge is 0.305 e. The normalized spacial score (nSPS) is 11.5. The minimum Gasteiger partial charge on any atom is -0.481 e. The van der Waals surface area contributed by atoms with Gasteiger partial charge in [0.2, 0.25) is 5.91 Å². The van der Waals surface area contributed by atoms with Crippen molar-refractivity contribution in [3.05, 3.63) is 60.2 Å². The molecule has 2 N–H and O–H groups in total. The number of hydrogen-bond acceptors (Lipinski definition) is 5. The van der Waals surface area contributed by atoms with Crippen molar-refractivity contribution in [2.24, 2.45) is 0 Å². The maximum Gasteiger partial charge on any atom is 0.305 e. The largest absolute Gasteiger partial charge is 0.481 e. The molecule has 0 saturated heterocycles. The van der Waals surface area contributed by atoms with Gasteiger partial charge in [-0.15, -0.1) is 0 Å². The van der Waals surface area contributed by atoms with Crippen molar-refractivity contribution in [2.45, 2.75) is 44.6 Å². The van der Waals surface area contributed by atoms with E-state index < -0.39 is 5.97 Å². The molecule has 172 valence electrons. The number of aliphatic carboxylic acids is 1. The van der Waals surface area contributed by atoms with Crippen molar-refractivity contribution < 1.29 is 29.0 Å². The van der Waals surface area contributed by atoms with Crippen molar-refractivity contribution in [1.29, 1.82) is 0 Å². The van der Waals surface area contributed by atoms with Gasteiger partial charge in [0.15, 0.2) is 0 Å². The molecule has 1 atom stereocenters. The highest BCUT2D eigenvalue weighted by atomic mass is 16.5. The number of nitrogens with one attached hydrogen (secondary N) is 1. The number of carboxylic acids is 1. The van der Waals surface area contributed by atoms with Crippen LogP contribution in [0.4, 0.5) is 0 Å². The number of rotatable bonds is 14. The zero-order valence-corrected chi connectivity index (χ0v) is 18.4. The van der Waals surface area contributed by atoms with Crippen LogP contribution in [0.1, 0.15) is 37.7 Å². The molecular weight excluding hydrogens is 410 g/mol. The van der Waals surface area contributed by atoms with E-state index in [1.165, 1.54) is 0 Å². The quantitative estimate of drug-likeness (QED) is 0.343. The van der Waals surface area contributed by atoms with E-state index in [-0.39, 0.29) is 37.2 Å². The first-order chi connectivity index (χ1) is 15.5. The zero-order valence-electron chi connectivity index (χ0n) is 18.4. The monoisotopic (exact) mass is 441 g/mol. The van der Waals surface area contributed by atoms with Crippen molar-refractivity contribution in [3.8, 4) is 11.1 Å². The summed E-state index contributed by atoms with van der Waals surface area (Å²) in [7, 11) is 1.59. The van der Waals surface area contributed by atoms with Gasteiger partial charge in [0.25, 0.3) is 0 Å². The molecule has 7 heteroatoms. The molecule has 0 fully saturated rings. The van der Waals surface area contributed by atoms with Gasteiger partial charge in [0.05, 0.1) is 13.0 Å². The lowest BCUT2D eigenvalue weighted by atomic mass is 9.98. The van der Waals surface area contributed by atoms with Crippen LogP contribution in [0.3, 0.4) is 0 Å². The highest BCUT2D eigenvalue weighted by molar-refractivity contribution is 5.81. The lowest BCUT2D eigenvalue weighted by Crippen LogP contribution is -2.37. The molecule has 0 aromatic heterocycles. The van der Waals surface area contributed by atoms with Gasteiger partial charge in [-0.25, -0.2) is 0 Å². The maximum atomic E-state index is 12.2. The van der Waals surface area contributed by atoms with Gasteiger partial charge in [-0.1, -0.05) is 54.6 Å². The maximum absolute atomic E-state index is 12.2. The van der Waals surface area contributed by atoms with Crippen LogP contribution in [0, 0.1) is 0 Å². The molecule has 0 saturated carbocycles. The summed E-state index contributed by atoms with van der Waals surface area (Å²) in [4.78, 5) is 34.9. The Morgan fingerprint density at radius 3 is 2.25 bits per heavy atom. The van der Waals surface area contributed by atoms with E-state index in [2.05, 4.69) is 5.32 Å². The van der Waals surface area contributed by atoms with E-state index in [0.29, 0.717) is 32.5 Å². The van der Waals surface area contributed by atoms with Crippen molar-refractivity contribution in [2.75, 3.05) is 20.3 Å². The Hall–Kier alpha value is -3.19. The number of ether oxygens (including phenoxy) is 2. The molecule has 0 heterocycles. The number of esters is 1. The number of carboxylic acid groups (broad SMARTS) is 1. The summed E-state index contributed by atoms with van der Waals surface area (Å²) in [5, 5.41) is 11.7. The first-order valence-electron chi connectivity index (χ1n) is 10.8. The van der Waals surface area contributed by atoms with Crippen LogP contribution in [0.2, 0.25) is 0 Å². The second kappa shape index (κ2) is 14.0. The zero-order chi connectivity index (χ0) is 23.2. The number of hydrogen-bond donors (Lipinski definition) is 2. The number of methoxy groups -OCH3 is 1. The molecule has 2 aromatic carbocycles. The Balaban J connectivity index is 1.96. The van der Waals surface area contributed by atoms with Crippen LogP contribution >= 0.6 is 0 Å². The van der Waals surface area contributed by atoms with Gasteiger partial charge in [-0.3, -0.25) is 14.4 Å². The Morgan fingerprint density at radius 1 is 0.906 bits per heavy atom. The van der Waals surface area contributed by atoms with E-state index >= 15 is 0 Å². The third-order valence-electron chi connectivity index (χ3n) is 4.93. The number of carbonyl (C=O) groups is 3. The van der Waals surface area contributed by atoms with Crippen molar-refractivity contribution in [1.82, 2.24) is 5.32 Å². The molecule has 0 bridgehead atoms. The van der Waals surface area contributed by atoms with E-state index in [1.54, 1.807) is 7.11 Å². The van der Waals surface area contributed by atoms with Gasteiger partial charge in [0, 0.05) is 39.0 Å². The fourth-order valence-corrected chi connectivity index (χ4v) is 3.25. The van der Waals surface area contributed by atoms with Crippen LogP contribution in [0.15, 0.2) is 54.6 Å².